The van der Waals surface area contributed by atoms with Gasteiger partial charge >= 0.3 is 0 Å². The molecule has 2 aromatic carbocycles. The van der Waals surface area contributed by atoms with Crippen molar-refractivity contribution >= 4 is 55.9 Å². The van der Waals surface area contributed by atoms with E-state index >= 15 is 0 Å². The Bertz CT molecular complexity index is 1870. The lowest BCUT2D eigenvalue weighted by atomic mass is 10.1. The van der Waals surface area contributed by atoms with Crippen LogP contribution in [0.25, 0.3) is 10.9 Å². The number of pyridine rings is 1. The maximum atomic E-state index is 12.7. The number of aromatic nitrogens is 3. The summed E-state index contributed by atoms with van der Waals surface area (Å²) in [7, 11) is -2.18. The van der Waals surface area contributed by atoms with Crippen LogP contribution in [0.5, 0.6) is 5.75 Å². The fraction of sp³-hybridized carbons (Fsp3) is 0.375. The third-order valence-electron chi connectivity index (χ3n) is 7.68. The summed E-state index contributed by atoms with van der Waals surface area (Å²) in [6, 6.07) is 13.6. The van der Waals surface area contributed by atoms with Gasteiger partial charge in [0.1, 0.15) is 11.6 Å². The van der Waals surface area contributed by atoms with E-state index in [4.69, 9.17) is 25.3 Å². The van der Waals surface area contributed by atoms with E-state index in [0.717, 1.165) is 10.9 Å². The number of halogens is 1. The number of hydrogen-bond donors (Lipinski definition) is 1. The fourth-order valence-corrected chi connectivity index (χ4v) is 6.01. The highest BCUT2D eigenvalue weighted by molar-refractivity contribution is 7.86. The standard InChI is InChI=1S/C32H36ClN5O7S/c1-4-24(39)20-44-29-18-22-17-23(7-10-28(22)37(3)31(29)40)35-30-27(33)19-34-32(36-30)38-13-11-25(12-14-38)43-15-16-45-46(41,42)26-8-5-21(2)6-9-26/h5-10,17-19,25H,4,11-16,20H2,1-3H3,(H,34,35,36). The Hall–Kier alpha value is -4.04. The van der Waals surface area contributed by atoms with Gasteiger partial charge in [-0.25, -0.2) is 4.98 Å². The molecule has 0 saturated carbocycles. The van der Waals surface area contributed by atoms with Crippen LogP contribution in [0.1, 0.15) is 31.7 Å². The molecule has 1 fully saturated rings. The lowest BCUT2D eigenvalue weighted by Crippen LogP contribution is -2.38. The quantitative estimate of drug-likeness (QED) is 0.155. The van der Waals surface area contributed by atoms with Crippen LogP contribution in [-0.4, -0.2) is 67.8 Å². The normalized spacial score (nSPS) is 14.0. The number of anilines is 3. The van der Waals surface area contributed by atoms with Crippen molar-refractivity contribution in [1.82, 2.24) is 14.5 Å². The molecule has 2 aromatic heterocycles. The summed E-state index contributed by atoms with van der Waals surface area (Å²) >= 11 is 6.45. The largest absolute Gasteiger partial charge is 0.480 e. The third kappa shape index (κ3) is 8.02. The van der Waals surface area contributed by atoms with Crippen LogP contribution < -0.4 is 20.5 Å². The fourth-order valence-electron chi connectivity index (χ4n) is 4.98. The number of benzene rings is 2. The maximum absolute atomic E-state index is 12.7. The lowest BCUT2D eigenvalue weighted by molar-refractivity contribution is -0.120. The second-order valence-corrected chi connectivity index (χ2v) is 13.0. The molecule has 0 amide bonds. The minimum atomic E-state index is -3.83. The first-order chi connectivity index (χ1) is 22.0. The van der Waals surface area contributed by atoms with Crippen molar-refractivity contribution in [1.29, 1.82) is 0 Å². The molecular formula is C32H36ClN5O7S. The lowest BCUT2D eigenvalue weighted by Gasteiger charge is -2.32. The van der Waals surface area contributed by atoms with Gasteiger partial charge in [0.25, 0.3) is 15.7 Å². The predicted octanol–water partition coefficient (Wildman–Crippen LogP) is 4.78. The Morgan fingerprint density at radius 3 is 2.54 bits per heavy atom. The Morgan fingerprint density at radius 1 is 1.09 bits per heavy atom. The molecular weight excluding hydrogens is 634 g/mol. The van der Waals surface area contributed by atoms with Gasteiger partial charge in [-0.3, -0.25) is 13.8 Å². The topological polar surface area (TPSA) is 142 Å². The van der Waals surface area contributed by atoms with Gasteiger partial charge in [0, 0.05) is 37.6 Å². The highest BCUT2D eigenvalue weighted by Gasteiger charge is 2.23. The second-order valence-electron chi connectivity index (χ2n) is 11.0. The molecule has 244 valence electrons. The molecule has 0 unspecified atom stereocenters. The van der Waals surface area contributed by atoms with Crippen molar-refractivity contribution in [3.8, 4) is 5.75 Å². The van der Waals surface area contributed by atoms with Gasteiger partial charge in [-0.05, 0) is 56.2 Å². The molecule has 1 N–H and O–H groups in total. The highest BCUT2D eigenvalue weighted by Crippen LogP contribution is 2.29. The van der Waals surface area contributed by atoms with Crippen LogP contribution in [0.3, 0.4) is 0 Å². The average Bonchev–Trinajstić information content (AvgIpc) is 3.05. The molecule has 0 aliphatic carbocycles. The molecule has 0 atom stereocenters. The van der Waals surface area contributed by atoms with E-state index in [9.17, 15) is 18.0 Å². The van der Waals surface area contributed by atoms with Crippen LogP contribution in [0, 0.1) is 6.92 Å². The van der Waals surface area contributed by atoms with E-state index in [0.29, 0.717) is 60.3 Å². The van der Waals surface area contributed by atoms with E-state index < -0.39 is 10.1 Å². The number of Topliss-reactive ketones (excluding diaryl/α,β-unsaturated/α-hetero) is 1. The molecule has 1 saturated heterocycles. The van der Waals surface area contributed by atoms with Crippen molar-refractivity contribution in [2.24, 2.45) is 7.05 Å². The van der Waals surface area contributed by atoms with Gasteiger partial charge in [0.05, 0.1) is 35.9 Å². The van der Waals surface area contributed by atoms with Crippen LogP contribution in [0.15, 0.2) is 64.4 Å². The summed E-state index contributed by atoms with van der Waals surface area (Å²) < 4.78 is 42.8. The zero-order valence-electron chi connectivity index (χ0n) is 25.9. The molecule has 0 bridgehead atoms. The minimum absolute atomic E-state index is 0.0469. The first-order valence-electron chi connectivity index (χ1n) is 14.9. The molecule has 46 heavy (non-hydrogen) atoms. The number of piperidine rings is 1. The van der Waals surface area contributed by atoms with Crippen molar-refractivity contribution in [3.63, 3.8) is 0 Å². The maximum Gasteiger partial charge on any atom is 0.297 e. The summed E-state index contributed by atoms with van der Waals surface area (Å²) in [4.78, 5) is 35.7. The average molecular weight is 670 g/mol. The number of carbonyl (C=O) groups is 1. The Labute approximate surface area is 272 Å². The molecule has 0 spiro atoms. The smallest absolute Gasteiger partial charge is 0.297 e. The first-order valence-corrected chi connectivity index (χ1v) is 16.7. The molecule has 14 heteroatoms. The molecule has 1 aliphatic heterocycles. The van der Waals surface area contributed by atoms with Gasteiger partial charge in [0.15, 0.2) is 17.4 Å². The second kappa shape index (κ2) is 14.6. The third-order valence-corrected chi connectivity index (χ3v) is 9.28. The summed E-state index contributed by atoms with van der Waals surface area (Å²) in [5.41, 5.74) is 2.03. The van der Waals surface area contributed by atoms with Gasteiger partial charge in [-0.15, -0.1) is 0 Å². The van der Waals surface area contributed by atoms with E-state index in [-0.39, 0.29) is 47.9 Å². The van der Waals surface area contributed by atoms with Gasteiger partial charge in [-0.2, -0.15) is 13.4 Å². The molecule has 5 rings (SSSR count). The van der Waals surface area contributed by atoms with Crippen LogP contribution in [-0.2, 0) is 30.9 Å². The summed E-state index contributed by atoms with van der Waals surface area (Å²) in [6.07, 6.45) is 3.24. The number of aryl methyl sites for hydroxylation is 2. The summed E-state index contributed by atoms with van der Waals surface area (Å²) in [5, 5.41) is 4.32. The van der Waals surface area contributed by atoms with Gasteiger partial charge in [0.2, 0.25) is 5.95 Å². The predicted molar refractivity (Wildman–Crippen MR) is 176 cm³/mol. The molecule has 3 heterocycles. The monoisotopic (exact) mass is 669 g/mol. The van der Waals surface area contributed by atoms with Crippen LogP contribution in [0.4, 0.5) is 17.5 Å². The number of carbonyl (C=O) groups excluding carboxylic acids is 1. The number of hydrogen-bond acceptors (Lipinski definition) is 11. The summed E-state index contributed by atoms with van der Waals surface area (Å²) in [5.74, 6) is 0.937. The van der Waals surface area contributed by atoms with Crippen molar-refractivity contribution in [2.45, 2.75) is 44.1 Å². The highest BCUT2D eigenvalue weighted by atomic mass is 35.5. The Kier molecular flexibility index (Phi) is 10.6. The molecule has 4 aromatic rings. The van der Waals surface area contributed by atoms with Crippen molar-refractivity contribution in [3.05, 3.63) is 75.7 Å². The van der Waals surface area contributed by atoms with Crippen LogP contribution in [0.2, 0.25) is 5.02 Å². The Morgan fingerprint density at radius 2 is 1.83 bits per heavy atom. The number of ether oxygens (including phenoxy) is 2. The molecule has 1 aliphatic rings. The van der Waals surface area contributed by atoms with Crippen molar-refractivity contribution < 1.29 is 26.9 Å². The zero-order chi connectivity index (χ0) is 32.8. The summed E-state index contributed by atoms with van der Waals surface area (Å²) in [6.45, 7) is 4.84. The molecule has 0 radical (unpaired) electrons. The number of ketones is 1. The number of rotatable bonds is 13. The van der Waals surface area contributed by atoms with E-state index in [2.05, 4.69) is 15.3 Å². The van der Waals surface area contributed by atoms with E-state index in [1.54, 1.807) is 38.4 Å². The van der Waals surface area contributed by atoms with E-state index in [1.165, 1.54) is 16.7 Å². The van der Waals surface area contributed by atoms with Gasteiger partial charge in [-0.1, -0.05) is 36.2 Å². The number of fused-ring (bicyclic) bond motifs is 1. The van der Waals surface area contributed by atoms with E-state index in [1.807, 2.05) is 30.0 Å². The molecule has 12 nitrogen and oxygen atoms in total. The van der Waals surface area contributed by atoms with Gasteiger partial charge < -0.3 is 24.3 Å². The number of nitrogens with zero attached hydrogens (tertiary/aromatic N) is 4. The number of nitrogens with one attached hydrogen (secondary N) is 1. The zero-order valence-corrected chi connectivity index (χ0v) is 27.4. The van der Waals surface area contributed by atoms with Crippen LogP contribution >= 0.6 is 11.6 Å². The van der Waals surface area contributed by atoms with Crippen molar-refractivity contribution in [2.75, 3.05) is 43.1 Å². The minimum Gasteiger partial charge on any atom is -0.480 e. The first kappa shape index (κ1) is 33.3. The Balaban J connectivity index is 1.17. The SMILES string of the molecule is CCC(=O)COc1cc2cc(Nc3nc(N4CCC(OCCOS(=O)(=O)c5ccc(C)cc5)CC4)ncc3Cl)ccc2n(C)c1=O.